The van der Waals surface area contributed by atoms with E-state index in [0.717, 1.165) is 54.9 Å². The Morgan fingerprint density at radius 1 is 1.27 bits per heavy atom. The summed E-state index contributed by atoms with van der Waals surface area (Å²) < 4.78 is 17.8. The highest BCUT2D eigenvalue weighted by Crippen LogP contribution is 2.52. The SMILES string of the molecule is COC(=O)c1cc(C(C)C)c2c(c1C)OC1(CCC(CN(C)C)CC1)O2. The van der Waals surface area contributed by atoms with Crippen molar-refractivity contribution >= 4 is 5.97 Å². The number of rotatable bonds is 4. The van der Waals surface area contributed by atoms with Crippen LogP contribution in [0.2, 0.25) is 0 Å². The zero-order valence-electron chi connectivity index (χ0n) is 16.8. The van der Waals surface area contributed by atoms with Crippen molar-refractivity contribution in [2.75, 3.05) is 27.7 Å². The van der Waals surface area contributed by atoms with Crippen LogP contribution in [0.5, 0.6) is 11.5 Å². The molecule has 0 atom stereocenters. The molecule has 1 aromatic carbocycles. The van der Waals surface area contributed by atoms with Gasteiger partial charge < -0.3 is 19.1 Å². The molecule has 144 valence electrons. The van der Waals surface area contributed by atoms with Crippen LogP contribution in [0.3, 0.4) is 0 Å². The summed E-state index contributed by atoms with van der Waals surface area (Å²) in [6.45, 7) is 7.23. The van der Waals surface area contributed by atoms with E-state index in [0.29, 0.717) is 11.5 Å². The minimum Gasteiger partial charge on any atom is -0.465 e. The van der Waals surface area contributed by atoms with E-state index in [1.54, 1.807) is 0 Å². The second kappa shape index (κ2) is 7.10. The fraction of sp³-hybridized carbons (Fsp3) is 0.667. The summed E-state index contributed by atoms with van der Waals surface area (Å²) in [5.74, 6) is 1.55. The van der Waals surface area contributed by atoms with Gasteiger partial charge in [-0.15, -0.1) is 0 Å². The lowest BCUT2D eigenvalue weighted by Gasteiger charge is -2.36. The predicted octanol–water partition coefficient (Wildman–Crippen LogP) is 4.12. The second-order valence-corrected chi connectivity index (χ2v) is 8.26. The topological polar surface area (TPSA) is 48.0 Å². The minimum absolute atomic E-state index is 0.233. The Balaban J connectivity index is 1.89. The van der Waals surface area contributed by atoms with E-state index in [1.165, 1.54) is 7.11 Å². The molecule has 0 N–H and O–H groups in total. The van der Waals surface area contributed by atoms with E-state index in [1.807, 2.05) is 13.0 Å². The van der Waals surface area contributed by atoms with Crippen LogP contribution in [0.15, 0.2) is 6.07 Å². The molecule has 0 amide bonds. The van der Waals surface area contributed by atoms with Gasteiger partial charge >= 0.3 is 5.97 Å². The first-order chi connectivity index (χ1) is 12.3. The van der Waals surface area contributed by atoms with Crippen LogP contribution in [0.1, 0.15) is 66.9 Å². The molecule has 1 fully saturated rings. The monoisotopic (exact) mass is 361 g/mol. The van der Waals surface area contributed by atoms with E-state index < -0.39 is 5.79 Å². The first kappa shape index (κ1) is 19.0. The van der Waals surface area contributed by atoms with Crippen molar-refractivity contribution < 1.29 is 19.0 Å². The van der Waals surface area contributed by atoms with Gasteiger partial charge in [-0.05, 0) is 51.8 Å². The van der Waals surface area contributed by atoms with Crippen molar-refractivity contribution in [1.82, 2.24) is 4.90 Å². The smallest absolute Gasteiger partial charge is 0.338 e. The number of carbonyl (C=O) groups excluding carboxylic acids is 1. The molecule has 5 nitrogen and oxygen atoms in total. The number of ether oxygens (including phenoxy) is 3. The van der Waals surface area contributed by atoms with Gasteiger partial charge in [0.2, 0.25) is 0 Å². The summed E-state index contributed by atoms with van der Waals surface area (Å²) in [5.41, 5.74) is 2.39. The first-order valence-corrected chi connectivity index (χ1v) is 9.55. The quantitative estimate of drug-likeness (QED) is 0.755. The van der Waals surface area contributed by atoms with Crippen LogP contribution in [0, 0.1) is 12.8 Å². The third kappa shape index (κ3) is 3.41. The lowest BCUT2D eigenvalue weighted by atomic mass is 9.85. The fourth-order valence-corrected chi connectivity index (χ4v) is 4.15. The normalized spacial score (nSPS) is 24.5. The van der Waals surface area contributed by atoms with E-state index in [2.05, 4.69) is 32.8 Å². The molecular weight excluding hydrogens is 330 g/mol. The Morgan fingerprint density at radius 3 is 2.42 bits per heavy atom. The maximum absolute atomic E-state index is 12.2. The summed E-state index contributed by atoms with van der Waals surface area (Å²) in [7, 11) is 5.65. The van der Waals surface area contributed by atoms with Gasteiger partial charge in [0.15, 0.2) is 11.5 Å². The van der Waals surface area contributed by atoms with Gasteiger partial charge in [0, 0.05) is 30.5 Å². The van der Waals surface area contributed by atoms with Gasteiger partial charge in [0.25, 0.3) is 5.79 Å². The van der Waals surface area contributed by atoms with Crippen molar-refractivity contribution in [1.29, 1.82) is 0 Å². The Bertz CT molecular complexity index is 688. The molecule has 1 saturated carbocycles. The van der Waals surface area contributed by atoms with Crippen LogP contribution < -0.4 is 9.47 Å². The number of hydrogen-bond acceptors (Lipinski definition) is 5. The summed E-state index contributed by atoms with van der Waals surface area (Å²) >= 11 is 0. The van der Waals surface area contributed by atoms with Crippen molar-refractivity contribution in [3.63, 3.8) is 0 Å². The predicted molar refractivity (Wildman–Crippen MR) is 101 cm³/mol. The van der Waals surface area contributed by atoms with Crippen LogP contribution >= 0.6 is 0 Å². The molecule has 0 aromatic heterocycles. The number of methoxy groups -OCH3 is 1. The molecule has 1 heterocycles. The molecule has 0 bridgehead atoms. The summed E-state index contributed by atoms with van der Waals surface area (Å²) in [6, 6.07) is 1.91. The molecule has 5 heteroatoms. The maximum Gasteiger partial charge on any atom is 0.338 e. The van der Waals surface area contributed by atoms with Crippen molar-refractivity contribution in [2.24, 2.45) is 5.92 Å². The number of carbonyl (C=O) groups is 1. The van der Waals surface area contributed by atoms with Crippen molar-refractivity contribution in [2.45, 2.75) is 58.2 Å². The fourth-order valence-electron chi connectivity index (χ4n) is 4.15. The van der Waals surface area contributed by atoms with E-state index in [4.69, 9.17) is 14.2 Å². The second-order valence-electron chi connectivity index (χ2n) is 8.26. The Labute approximate surface area is 156 Å². The molecule has 3 rings (SSSR count). The Kier molecular flexibility index (Phi) is 5.20. The lowest BCUT2D eigenvalue weighted by molar-refractivity contribution is -0.115. The standard InChI is InChI=1S/C21H31NO4/c1-13(2)16-11-17(20(23)24-6)14(3)18-19(16)26-21(25-18)9-7-15(8-10-21)12-22(4)5/h11,13,15H,7-10,12H2,1-6H3. The van der Waals surface area contributed by atoms with Crippen LogP contribution in [-0.2, 0) is 4.74 Å². The molecule has 26 heavy (non-hydrogen) atoms. The summed E-state index contributed by atoms with van der Waals surface area (Å²) in [6.07, 6.45) is 3.94. The first-order valence-electron chi connectivity index (χ1n) is 9.55. The van der Waals surface area contributed by atoms with E-state index in [-0.39, 0.29) is 11.9 Å². The summed E-state index contributed by atoms with van der Waals surface area (Å²) in [4.78, 5) is 14.4. The van der Waals surface area contributed by atoms with Crippen LogP contribution in [-0.4, -0.2) is 44.4 Å². The number of esters is 1. The van der Waals surface area contributed by atoms with Gasteiger partial charge in [-0.3, -0.25) is 0 Å². The molecular formula is C21H31NO4. The average molecular weight is 361 g/mol. The molecule has 1 aromatic rings. The van der Waals surface area contributed by atoms with Crippen molar-refractivity contribution in [3.05, 3.63) is 22.8 Å². The average Bonchev–Trinajstić information content (AvgIpc) is 2.96. The maximum atomic E-state index is 12.2. The molecule has 1 aliphatic carbocycles. The van der Waals surface area contributed by atoms with Gasteiger partial charge in [-0.2, -0.15) is 0 Å². The van der Waals surface area contributed by atoms with Gasteiger partial charge in [-0.1, -0.05) is 13.8 Å². The third-order valence-electron chi connectivity index (χ3n) is 5.61. The highest BCUT2D eigenvalue weighted by molar-refractivity contribution is 5.93. The molecule has 0 radical (unpaired) electrons. The number of benzene rings is 1. The third-order valence-corrected chi connectivity index (χ3v) is 5.61. The molecule has 1 spiro atoms. The molecule has 0 unspecified atom stereocenters. The largest absolute Gasteiger partial charge is 0.465 e. The number of hydrogen-bond donors (Lipinski definition) is 0. The number of nitrogens with zero attached hydrogens (tertiary/aromatic N) is 1. The van der Waals surface area contributed by atoms with Crippen LogP contribution in [0.4, 0.5) is 0 Å². The number of fused-ring (bicyclic) bond motifs is 1. The minimum atomic E-state index is -0.575. The van der Waals surface area contributed by atoms with Gasteiger partial charge in [0.1, 0.15) is 0 Å². The highest BCUT2D eigenvalue weighted by Gasteiger charge is 2.46. The van der Waals surface area contributed by atoms with Crippen molar-refractivity contribution in [3.8, 4) is 11.5 Å². The zero-order valence-corrected chi connectivity index (χ0v) is 16.8. The highest BCUT2D eigenvalue weighted by atomic mass is 16.7. The zero-order chi connectivity index (χ0) is 19.1. The van der Waals surface area contributed by atoms with Crippen LogP contribution in [0.25, 0.3) is 0 Å². The van der Waals surface area contributed by atoms with Gasteiger partial charge in [0.05, 0.1) is 12.7 Å². The Hall–Kier alpha value is -1.75. The van der Waals surface area contributed by atoms with E-state index >= 15 is 0 Å². The molecule has 2 aliphatic rings. The summed E-state index contributed by atoms with van der Waals surface area (Å²) in [5, 5.41) is 0. The molecule has 0 saturated heterocycles. The Morgan fingerprint density at radius 2 is 1.88 bits per heavy atom. The molecule has 1 aliphatic heterocycles. The van der Waals surface area contributed by atoms with E-state index in [9.17, 15) is 4.79 Å². The lowest BCUT2D eigenvalue weighted by Crippen LogP contribution is -2.43. The van der Waals surface area contributed by atoms with Gasteiger partial charge in [-0.25, -0.2) is 4.79 Å².